The SMILES string of the molecule is C=C(C)O.CC.CC1CNC[C@@H](C(=O)NC(C#N)Cc2ccc(-c3ccc4oc(=O)n(C)c4c3)cc2)OC1.[HH].[HH].[HH]. The van der Waals surface area contributed by atoms with Gasteiger partial charge < -0.3 is 24.9 Å². The standard InChI is InChI=1S/C24H26N4O4.C3H6O.C2H6.3H2/c1-15-12-26-13-22(31-14-15)23(29)27-19(11-25)9-16-3-5-17(6-4-16)18-7-8-21-20(10-18)28(2)24(30)32-21;1-3(2)4;1-2;;;/h3-8,10,15,19,22,26H,9,12-14H2,1-2H3,(H,27,29);4H,1H2,2H3;1-2H3;3*1H/t15?,19?,22-;;;;;/m0...../s1. The van der Waals surface area contributed by atoms with Gasteiger partial charge in [-0.2, -0.15) is 5.26 Å². The van der Waals surface area contributed by atoms with Crippen LogP contribution in [0.1, 0.15) is 37.5 Å². The number of aliphatic hydroxyl groups excluding tert-OH is 1. The first-order chi connectivity index (χ1) is 18.2. The van der Waals surface area contributed by atoms with E-state index in [2.05, 4.69) is 30.2 Å². The van der Waals surface area contributed by atoms with Crippen LogP contribution in [0.4, 0.5) is 0 Å². The molecule has 0 spiro atoms. The van der Waals surface area contributed by atoms with Crippen LogP contribution in [0.25, 0.3) is 22.2 Å². The predicted molar refractivity (Wildman–Crippen MR) is 155 cm³/mol. The molecule has 2 heterocycles. The number of carbonyl (C=O) groups is 1. The van der Waals surface area contributed by atoms with Crippen LogP contribution in [-0.4, -0.2) is 47.4 Å². The van der Waals surface area contributed by atoms with E-state index in [-0.39, 0.29) is 15.9 Å². The zero-order valence-electron chi connectivity index (χ0n) is 22.8. The quantitative estimate of drug-likeness (QED) is 0.405. The van der Waals surface area contributed by atoms with Gasteiger partial charge in [-0.05, 0) is 41.7 Å². The van der Waals surface area contributed by atoms with Crippen LogP contribution < -0.4 is 16.4 Å². The minimum atomic E-state index is -0.644. The van der Waals surface area contributed by atoms with Gasteiger partial charge in [0.2, 0.25) is 0 Å². The number of aryl methyl sites for hydroxylation is 1. The predicted octanol–water partition coefficient (Wildman–Crippen LogP) is 4.82. The van der Waals surface area contributed by atoms with Crippen LogP contribution >= 0.6 is 0 Å². The molecule has 3 aromatic rings. The maximum atomic E-state index is 12.5. The van der Waals surface area contributed by atoms with Crippen molar-refractivity contribution in [2.24, 2.45) is 13.0 Å². The first-order valence-electron chi connectivity index (χ1n) is 12.7. The molecule has 4 rings (SSSR count). The number of fused-ring (bicyclic) bond motifs is 1. The molecule has 2 aromatic carbocycles. The van der Waals surface area contributed by atoms with Gasteiger partial charge >= 0.3 is 5.76 Å². The average molecular weight is 529 g/mol. The van der Waals surface area contributed by atoms with E-state index >= 15 is 0 Å². The van der Waals surface area contributed by atoms with Crippen molar-refractivity contribution in [1.82, 2.24) is 15.2 Å². The average Bonchev–Trinajstić information content (AvgIpc) is 3.04. The third-order valence-corrected chi connectivity index (χ3v) is 5.69. The number of hydrogen-bond acceptors (Lipinski definition) is 7. The molecule has 0 bridgehead atoms. The molecule has 9 heteroatoms. The fourth-order valence-electron chi connectivity index (χ4n) is 3.80. The zero-order valence-corrected chi connectivity index (χ0v) is 22.8. The van der Waals surface area contributed by atoms with E-state index < -0.39 is 17.9 Å². The number of benzene rings is 2. The van der Waals surface area contributed by atoms with Gasteiger partial charge in [0.25, 0.3) is 5.91 Å². The summed E-state index contributed by atoms with van der Waals surface area (Å²) < 4.78 is 12.3. The largest absolute Gasteiger partial charge is 0.513 e. The first kappa shape index (κ1) is 30.4. The number of carbonyl (C=O) groups excluding carboxylic acids is 1. The van der Waals surface area contributed by atoms with Crippen molar-refractivity contribution in [2.75, 3.05) is 19.7 Å². The Bertz CT molecular complexity index is 1310. The molecule has 0 saturated carbocycles. The molecule has 1 fully saturated rings. The number of nitrogens with zero attached hydrogens (tertiary/aromatic N) is 2. The lowest BCUT2D eigenvalue weighted by atomic mass is 10.0. The number of oxazole rings is 1. The van der Waals surface area contributed by atoms with Crippen LogP contribution in [0, 0.1) is 17.2 Å². The maximum absolute atomic E-state index is 12.5. The van der Waals surface area contributed by atoms with Gasteiger partial charge in [-0.1, -0.05) is 57.7 Å². The molecule has 3 N–H and O–H groups in total. The van der Waals surface area contributed by atoms with Gasteiger partial charge in [0.05, 0.1) is 24.0 Å². The third-order valence-electron chi connectivity index (χ3n) is 5.69. The van der Waals surface area contributed by atoms with Gasteiger partial charge in [0.1, 0.15) is 12.1 Å². The number of nitriles is 1. The molecule has 1 saturated heterocycles. The fraction of sp³-hybridized carbons (Fsp3) is 0.414. The summed E-state index contributed by atoms with van der Waals surface area (Å²) in [5.41, 5.74) is 4.15. The van der Waals surface area contributed by atoms with Gasteiger partial charge in [-0.15, -0.1) is 0 Å². The summed E-state index contributed by atoms with van der Waals surface area (Å²) in [7, 11) is 1.67. The smallest absolute Gasteiger partial charge is 0.419 e. The van der Waals surface area contributed by atoms with Crippen molar-refractivity contribution in [3.05, 3.63) is 70.9 Å². The van der Waals surface area contributed by atoms with Gasteiger partial charge in [-0.25, -0.2) is 4.79 Å². The van der Waals surface area contributed by atoms with Crippen molar-refractivity contribution >= 4 is 17.0 Å². The lowest BCUT2D eigenvalue weighted by Crippen LogP contribution is -2.46. The molecule has 2 unspecified atom stereocenters. The van der Waals surface area contributed by atoms with Crippen molar-refractivity contribution < 1.29 is 23.3 Å². The molecule has 38 heavy (non-hydrogen) atoms. The highest BCUT2D eigenvalue weighted by Gasteiger charge is 2.25. The van der Waals surface area contributed by atoms with E-state index in [0.29, 0.717) is 31.1 Å². The summed E-state index contributed by atoms with van der Waals surface area (Å²) in [5.74, 6) is -0.150. The molecular formula is C29H44N4O5. The van der Waals surface area contributed by atoms with E-state index in [0.717, 1.165) is 28.8 Å². The molecule has 1 aliphatic rings. The molecular weight excluding hydrogens is 484 g/mol. The molecule has 9 nitrogen and oxygen atoms in total. The number of nitrogens with one attached hydrogen (secondary N) is 2. The Balaban J connectivity index is 0. The molecule has 0 radical (unpaired) electrons. The molecule has 0 aliphatic carbocycles. The van der Waals surface area contributed by atoms with Crippen molar-refractivity contribution in [3.63, 3.8) is 0 Å². The second-order valence-corrected chi connectivity index (χ2v) is 9.02. The highest BCUT2D eigenvalue weighted by Crippen LogP contribution is 2.24. The summed E-state index contributed by atoms with van der Waals surface area (Å²) in [4.78, 5) is 24.2. The van der Waals surface area contributed by atoms with E-state index in [9.17, 15) is 14.9 Å². The Labute approximate surface area is 228 Å². The summed E-state index contributed by atoms with van der Waals surface area (Å²) in [6.45, 7) is 12.5. The van der Waals surface area contributed by atoms with E-state index in [1.807, 2.05) is 50.2 Å². The lowest BCUT2D eigenvalue weighted by Gasteiger charge is -2.18. The monoisotopic (exact) mass is 528 g/mol. The fourth-order valence-corrected chi connectivity index (χ4v) is 3.80. The molecule has 1 aliphatic heterocycles. The Hall–Kier alpha value is -3.87. The number of ether oxygens (including phenoxy) is 1. The van der Waals surface area contributed by atoms with Crippen LogP contribution in [-0.2, 0) is 23.0 Å². The highest BCUT2D eigenvalue weighted by molar-refractivity contribution is 5.82. The number of aromatic nitrogens is 1. The lowest BCUT2D eigenvalue weighted by molar-refractivity contribution is -0.132. The van der Waals surface area contributed by atoms with Crippen molar-refractivity contribution in [1.29, 1.82) is 5.26 Å². The minimum absolute atomic E-state index is 0. The Morgan fingerprint density at radius 1 is 1.26 bits per heavy atom. The van der Waals surface area contributed by atoms with Crippen LogP contribution in [0.15, 0.2) is 64.0 Å². The maximum Gasteiger partial charge on any atom is 0.419 e. The number of amides is 1. The topological polar surface area (TPSA) is 130 Å². The Morgan fingerprint density at radius 3 is 2.53 bits per heavy atom. The molecule has 3 atom stereocenters. The molecule has 1 aromatic heterocycles. The minimum Gasteiger partial charge on any atom is -0.513 e. The van der Waals surface area contributed by atoms with Crippen LogP contribution in [0.3, 0.4) is 0 Å². The van der Waals surface area contributed by atoms with Gasteiger partial charge in [0.15, 0.2) is 5.58 Å². The molecule has 210 valence electrons. The van der Waals surface area contributed by atoms with Crippen LogP contribution in [0.2, 0.25) is 0 Å². The Kier molecular flexibility index (Phi) is 11.8. The number of hydrogen-bond donors (Lipinski definition) is 3. The molecule has 1 amide bonds. The summed E-state index contributed by atoms with van der Waals surface area (Å²) >= 11 is 0. The van der Waals surface area contributed by atoms with Crippen LogP contribution in [0.5, 0.6) is 0 Å². The number of aliphatic hydroxyl groups is 1. The number of rotatable bonds is 5. The highest BCUT2D eigenvalue weighted by atomic mass is 16.5. The Morgan fingerprint density at radius 2 is 1.89 bits per heavy atom. The zero-order chi connectivity index (χ0) is 28.2. The van der Waals surface area contributed by atoms with E-state index in [4.69, 9.17) is 14.3 Å². The second kappa shape index (κ2) is 14.8. The first-order valence-corrected chi connectivity index (χ1v) is 12.7. The summed E-state index contributed by atoms with van der Waals surface area (Å²) in [6.07, 6.45) is -0.194. The second-order valence-electron chi connectivity index (χ2n) is 9.02. The van der Waals surface area contributed by atoms with Gasteiger partial charge in [-0.3, -0.25) is 9.36 Å². The van der Waals surface area contributed by atoms with Crippen molar-refractivity contribution in [2.45, 2.75) is 46.3 Å². The van der Waals surface area contributed by atoms with Crippen molar-refractivity contribution in [3.8, 4) is 17.2 Å². The third kappa shape index (κ3) is 8.61. The van der Waals surface area contributed by atoms with Gasteiger partial charge in [0, 0.05) is 30.8 Å². The normalized spacial score (nSPS) is 17.5. The van der Waals surface area contributed by atoms with E-state index in [1.165, 1.54) is 11.5 Å². The summed E-state index contributed by atoms with van der Waals surface area (Å²) in [5, 5.41) is 23.4. The summed E-state index contributed by atoms with van der Waals surface area (Å²) in [6, 6.07) is 14.9. The number of allylic oxidation sites excluding steroid dienone is 1. The van der Waals surface area contributed by atoms with E-state index in [1.54, 1.807) is 13.1 Å².